The molecular formula is C18H22F3N2O4+. The number of alkyl halides is 3. The normalized spacial score (nSPS) is 23.2. The van der Waals surface area contributed by atoms with Crippen molar-refractivity contribution in [3.63, 3.8) is 0 Å². The highest BCUT2D eigenvalue weighted by atomic mass is 19.4. The van der Waals surface area contributed by atoms with Crippen molar-refractivity contribution in [1.29, 1.82) is 0 Å². The molecule has 0 aliphatic carbocycles. The van der Waals surface area contributed by atoms with Crippen molar-refractivity contribution >= 4 is 23.8 Å². The van der Waals surface area contributed by atoms with Crippen molar-refractivity contribution in [2.24, 2.45) is 11.3 Å². The van der Waals surface area contributed by atoms with Crippen LogP contribution in [0.1, 0.15) is 33.6 Å². The molecule has 2 rings (SSSR count). The summed E-state index contributed by atoms with van der Waals surface area (Å²) < 4.78 is 40.6. The number of nitrogens with zero attached hydrogens (tertiary/aromatic N) is 1. The minimum atomic E-state index is -4.89. The van der Waals surface area contributed by atoms with Gasteiger partial charge in [-0.1, -0.05) is 26.8 Å². The Hall–Kier alpha value is -2.42. The molecule has 1 fully saturated rings. The molecule has 2 atom stereocenters. The van der Waals surface area contributed by atoms with E-state index in [1.165, 1.54) is 12.1 Å². The number of hydrogen-bond acceptors (Lipinski definition) is 4. The number of halogens is 3. The van der Waals surface area contributed by atoms with Crippen LogP contribution in [0.4, 0.5) is 18.9 Å². The number of carbonyl (C=O) groups is 3. The number of nitrogens with one attached hydrogen (secondary N) is 1. The number of Topliss-reactive ketones (excluding diaryl/α,β-unsaturated/α-hetero) is 1. The Balaban J connectivity index is 2.36. The van der Waals surface area contributed by atoms with Gasteiger partial charge in [-0.25, -0.2) is 4.79 Å². The number of amides is 2. The first kappa shape index (κ1) is 20.9. The van der Waals surface area contributed by atoms with E-state index >= 15 is 0 Å². The quantitative estimate of drug-likeness (QED) is 0.463. The molecule has 0 spiro atoms. The molecule has 148 valence electrons. The van der Waals surface area contributed by atoms with Gasteiger partial charge >= 0.3 is 12.3 Å². The summed E-state index contributed by atoms with van der Waals surface area (Å²) in [5.41, 5.74) is 2.17. The Morgan fingerprint density at radius 2 is 2.00 bits per heavy atom. The first-order valence-electron chi connectivity index (χ1n) is 8.41. The lowest BCUT2D eigenvalue weighted by atomic mass is 9.85. The highest BCUT2D eigenvalue weighted by Crippen LogP contribution is 2.36. The van der Waals surface area contributed by atoms with Crippen LogP contribution < -0.4 is 14.8 Å². The van der Waals surface area contributed by atoms with Gasteiger partial charge < -0.3 is 4.74 Å². The molecule has 6 nitrogen and oxygen atoms in total. The molecule has 9 heteroatoms. The standard InChI is InChI=1S/C18H21F3N2O4/c1-17(2,3)10-15(25)14-7-8-23(16(14)26,22-11-24)12-5-4-6-13(9-12)27-18(19,20)21/h4-6,9,11,14H,7-8,10H2,1-3H3/p+1. The van der Waals surface area contributed by atoms with Gasteiger partial charge in [0.25, 0.3) is 6.41 Å². The van der Waals surface area contributed by atoms with Gasteiger partial charge in [-0.15, -0.1) is 17.8 Å². The van der Waals surface area contributed by atoms with Crippen LogP contribution in [0, 0.1) is 11.3 Å². The van der Waals surface area contributed by atoms with E-state index in [9.17, 15) is 27.6 Å². The molecule has 0 bridgehead atoms. The SMILES string of the molecule is CC(C)(C)CC(=O)C1CC[N+](NC=O)(c2cccc(OC(F)(F)F)c2)C1=O. The molecule has 1 N–H and O–H groups in total. The minimum absolute atomic E-state index is 0.0631. The fraction of sp³-hybridized carbons (Fsp3) is 0.500. The summed E-state index contributed by atoms with van der Waals surface area (Å²) in [6.07, 6.45) is -4.21. The van der Waals surface area contributed by atoms with Crippen molar-refractivity contribution < 1.29 is 32.3 Å². The van der Waals surface area contributed by atoms with Gasteiger partial charge in [-0.05, 0) is 11.5 Å². The molecule has 1 aliphatic heterocycles. The summed E-state index contributed by atoms with van der Waals surface area (Å²) in [7, 11) is 0. The van der Waals surface area contributed by atoms with Crippen LogP contribution in [0.3, 0.4) is 0 Å². The summed E-state index contributed by atoms with van der Waals surface area (Å²) in [5, 5.41) is 0. The lowest BCUT2D eigenvalue weighted by Crippen LogP contribution is -2.61. The number of carbonyl (C=O) groups excluding carboxylic acids is 3. The van der Waals surface area contributed by atoms with Gasteiger partial charge in [0.1, 0.15) is 24.0 Å². The molecule has 27 heavy (non-hydrogen) atoms. The number of quaternary nitrogens is 1. The van der Waals surface area contributed by atoms with Crippen LogP contribution in [0.25, 0.3) is 0 Å². The van der Waals surface area contributed by atoms with E-state index in [0.717, 1.165) is 12.1 Å². The Kier molecular flexibility index (Phi) is 5.65. The average molecular weight is 387 g/mol. The summed E-state index contributed by atoms with van der Waals surface area (Å²) in [4.78, 5) is 36.7. The molecule has 0 aromatic heterocycles. The smallest absolute Gasteiger partial charge is 0.406 e. The number of rotatable bonds is 6. The van der Waals surface area contributed by atoms with E-state index in [1.807, 2.05) is 20.8 Å². The number of ketones is 1. The second-order valence-corrected chi connectivity index (χ2v) is 7.71. The second kappa shape index (κ2) is 7.30. The first-order chi connectivity index (χ1) is 12.4. The third-order valence-corrected chi connectivity index (χ3v) is 4.29. The van der Waals surface area contributed by atoms with Crippen LogP contribution in [-0.2, 0) is 14.4 Å². The summed E-state index contributed by atoms with van der Waals surface area (Å²) in [5.74, 6) is -2.25. The zero-order valence-electron chi connectivity index (χ0n) is 15.3. The van der Waals surface area contributed by atoms with Gasteiger partial charge in [-0.2, -0.15) is 5.43 Å². The summed E-state index contributed by atoms with van der Waals surface area (Å²) in [6.45, 7) is 5.67. The largest absolute Gasteiger partial charge is 0.573 e. The van der Waals surface area contributed by atoms with Crippen LogP contribution in [0.5, 0.6) is 5.75 Å². The molecule has 0 saturated carbocycles. The van der Waals surface area contributed by atoms with Crippen molar-refractivity contribution in [2.45, 2.75) is 40.0 Å². The molecule has 2 amide bonds. The second-order valence-electron chi connectivity index (χ2n) is 7.71. The minimum Gasteiger partial charge on any atom is -0.406 e. The van der Waals surface area contributed by atoms with Crippen LogP contribution in [0.15, 0.2) is 24.3 Å². The van der Waals surface area contributed by atoms with E-state index < -0.39 is 28.5 Å². The summed E-state index contributed by atoms with van der Waals surface area (Å²) in [6, 6.07) is 4.84. The maximum Gasteiger partial charge on any atom is 0.573 e. The van der Waals surface area contributed by atoms with Crippen molar-refractivity contribution in [3.8, 4) is 5.75 Å². The number of benzene rings is 1. The van der Waals surface area contributed by atoms with E-state index in [-0.39, 0.29) is 36.3 Å². The highest BCUT2D eigenvalue weighted by molar-refractivity contribution is 6.07. The van der Waals surface area contributed by atoms with Crippen molar-refractivity contribution in [1.82, 2.24) is 10.0 Å². The Morgan fingerprint density at radius 1 is 1.33 bits per heavy atom. The zero-order valence-corrected chi connectivity index (χ0v) is 15.3. The zero-order chi connectivity index (χ0) is 20.5. The molecular weight excluding hydrogens is 365 g/mol. The third kappa shape index (κ3) is 4.85. The van der Waals surface area contributed by atoms with E-state index in [0.29, 0.717) is 6.41 Å². The fourth-order valence-corrected chi connectivity index (χ4v) is 3.23. The summed E-state index contributed by atoms with van der Waals surface area (Å²) >= 11 is 0. The average Bonchev–Trinajstić information content (AvgIpc) is 2.83. The predicted molar refractivity (Wildman–Crippen MR) is 91.2 cm³/mol. The van der Waals surface area contributed by atoms with Gasteiger partial charge in [0, 0.05) is 25.0 Å². The maximum absolute atomic E-state index is 13.0. The molecule has 1 aromatic rings. The van der Waals surface area contributed by atoms with Gasteiger partial charge in [0.05, 0.1) is 0 Å². The highest BCUT2D eigenvalue weighted by Gasteiger charge is 2.54. The Labute approximate surface area is 154 Å². The molecule has 2 unspecified atom stereocenters. The molecule has 1 aromatic carbocycles. The Bertz CT molecular complexity index is 743. The fourth-order valence-electron chi connectivity index (χ4n) is 3.23. The van der Waals surface area contributed by atoms with Crippen molar-refractivity contribution in [3.05, 3.63) is 24.3 Å². The molecule has 1 heterocycles. The topological polar surface area (TPSA) is 72.5 Å². The van der Waals surface area contributed by atoms with Gasteiger partial charge in [0.2, 0.25) is 0 Å². The molecule has 0 radical (unpaired) electrons. The lowest BCUT2D eigenvalue weighted by Gasteiger charge is -2.29. The van der Waals surface area contributed by atoms with E-state index in [2.05, 4.69) is 10.2 Å². The third-order valence-electron chi connectivity index (χ3n) is 4.29. The monoisotopic (exact) mass is 387 g/mol. The Morgan fingerprint density at radius 3 is 2.56 bits per heavy atom. The van der Waals surface area contributed by atoms with E-state index in [1.54, 1.807) is 0 Å². The molecule has 1 aliphatic rings. The maximum atomic E-state index is 13.0. The van der Waals surface area contributed by atoms with Gasteiger partial charge in [0.15, 0.2) is 5.69 Å². The van der Waals surface area contributed by atoms with Crippen LogP contribution in [-0.4, -0.2) is 31.0 Å². The van der Waals surface area contributed by atoms with E-state index in [4.69, 9.17) is 0 Å². The number of hydrogen-bond donors (Lipinski definition) is 1. The lowest BCUT2D eigenvalue weighted by molar-refractivity contribution is -0.274. The van der Waals surface area contributed by atoms with Crippen LogP contribution >= 0.6 is 0 Å². The van der Waals surface area contributed by atoms with Gasteiger partial charge in [-0.3, -0.25) is 9.59 Å². The molecule has 1 saturated heterocycles. The predicted octanol–water partition coefficient (Wildman–Crippen LogP) is 3.11. The number of ether oxygens (including phenoxy) is 1. The first-order valence-corrected chi connectivity index (χ1v) is 8.41. The van der Waals surface area contributed by atoms with Crippen molar-refractivity contribution in [2.75, 3.05) is 6.54 Å². The van der Waals surface area contributed by atoms with Crippen LogP contribution in [0.2, 0.25) is 0 Å².